The lowest BCUT2D eigenvalue weighted by atomic mass is 10.0. The van der Waals surface area contributed by atoms with Gasteiger partial charge in [-0.2, -0.15) is 0 Å². The molecule has 0 saturated carbocycles. The van der Waals surface area contributed by atoms with Crippen LogP contribution >= 0.6 is 0 Å². The van der Waals surface area contributed by atoms with Crippen molar-refractivity contribution in [2.75, 3.05) is 32.7 Å². The highest BCUT2D eigenvalue weighted by Crippen LogP contribution is 2.13. The second kappa shape index (κ2) is 6.51. The van der Waals surface area contributed by atoms with Crippen LogP contribution in [0.5, 0.6) is 0 Å². The molecule has 0 unspecified atom stereocenters. The Morgan fingerprint density at radius 3 is 2.35 bits per heavy atom. The molecule has 20 heavy (non-hydrogen) atoms. The Bertz CT molecular complexity index is 474. The average Bonchev–Trinajstić information content (AvgIpc) is 2.39. The first-order valence-corrected chi connectivity index (χ1v) is 7.54. The maximum Gasteiger partial charge on any atom is 0.177 e. The Labute approximate surface area is 122 Å². The smallest absolute Gasteiger partial charge is 0.177 e. The van der Waals surface area contributed by atoms with Crippen molar-refractivity contribution >= 4 is 5.78 Å². The normalized spacial score (nSPS) is 17.6. The molecule has 1 fully saturated rings. The van der Waals surface area contributed by atoms with Crippen LogP contribution in [0.15, 0.2) is 18.2 Å². The predicted molar refractivity (Wildman–Crippen MR) is 83.4 cm³/mol. The lowest BCUT2D eigenvalue weighted by Crippen LogP contribution is -2.50. The molecule has 0 atom stereocenters. The number of Topliss-reactive ketones (excluding diaryl/α,β-unsaturated/α-hetero) is 1. The third-order valence-corrected chi connectivity index (χ3v) is 4.19. The first kappa shape index (κ1) is 15.2. The fourth-order valence-corrected chi connectivity index (χ4v) is 2.85. The van der Waals surface area contributed by atoms with Gasteiger partial charge in [0, 0.05) is 37.8 Å². The molecule has 110 valence electrons. The molecule has 0 bridgehead atoms. The summed E-state index contributed by atoms with van der Waals surface area (Å²) in [4.78, 5) is 17.2. The molecular formula is C17H26N2O. The monoisotopic (exact) mass is 274 g/mol. The van der Waals surface area contributed by atoms with Crippen LogP contribution < -0.4 is 0 Å². The Kier molecular flexibility index (Phi) is 4.95. The van der Waals surface area contributed by atoms with Gasteiger partial charge in [-0.3, -0.25) is 14.6 Å². The largest absolute Gasteiger partial charge is 0.298 e. The summed E-state index contributed by atoms with van der Waals surface area (Å²) in [6, 6.07) is 6.69. The summed E-state index contributed by atoms with van der Waals surface area (Å²) < 4.78 is 0. The van der Waals surface area contributed by atoms with Crippen molar-refractivity contribution in [3.8, 4) is 0 Å². The summed E-state index contributed by atoms with van der Waals surface area (Å²) in [6.07, 6.45) is 0. The SMILES string of the molecule is Cc1ccc(C(=O)CN2CCN(C(C)C)CC2)c(C)c1. The van der Waals surface area contributed by atoms with Gasteiger partial charge < -0.3 is 0 Å². The van der Waals surface area contributed by atoms with Crippen LogP contribution in [0.2, 0.25) is 0 Å². The topological polar surface area (TPSA) is 23.6 Å². The van der Waals surface area contributed by atoms with Crippen LogP contribution in [0, 0.1) is 13.8 Å². The van der Waals surface area contributed by atoms with Gasteiger partial charge in [-0.05, 0) is 33.3 Å². The molecule has 1 saturated heterocycles. The zero-order chi connectivity index (χ0) is 14.7. The van der Waals surface area contributed by atoms with Gasteiger partial charge in [0.25, 0.3) is 0 Å². The van der Waals surface area contributed by atoms with Crippen LogP contribution in [-0.4, -0.2) is 54.3 Å². The molecule has 1 aromatic carbocycles. The predicted octanol–water partition coefficient (Wildman–Crippen LogP) is 2.51. The van der Waals surface area contributed by atoms with Crippen LogP contribution in [0.4, 0.5) is 0 Å². The highest BCUT2D eigenvalue weighted by Gasteiger charge is 2.21. The van der Waals surface area contributed by atoms with Crippen molar-refractivity contribution in [1.82, 2.24) is 9.80 Å². The number of benzene rings is 1. The van der Waals surface area contributed by atoms with Gasteiger partial charge in [-0.1, -0.05) is 23.8 Å². The van der Waals surface area contributed by atoms with Gasteiger partial charge in [0.2, 0.25) is 0 Å². The number of aryl methyl sites for hydroxylation is 2. The lowest BCUT2D eigenvalue weighted by Gasteiger charge is -2.36. The minimum Gasteiger partial charge on any atom is -0.298 e. The molecule has 0 spiro atoms. The van der Waals surface area contributed by atoms with Crippen molar-refractivity contribution in [2.24, 2.45) is 0 Å². The second-order valence-corrected chi connectivity index (χ2v) is 6.15. The van der Waals surface area contributed by atoms with E-state index in [0.29, 0.717) is 12.6 Å². The number of piperazine rings is 1. The molecular weight excluding hydrogens is 248 g/mol. The molecule has 0 amide bonds. The molecule has 1 heterocycles. The molecule has 0 aliphatic carbocycles. The first-order chi connectivity index (χ1) is 9.47. The standard InChI is InChI=1S/C17H26N2O/c1-13(2)19-9-7-18(8-10-19)12-17(20)16-6-5-14(3)11-15(16)4/h5-6,11,13H,7-10,12H2,1-4H3. The van der Waals surface area contributed by atoms with Crippen molar-refractivity contribution in [1.29, 1.82) is 0 Å². The molecule has 3 nitrogen and oxygen atoms in total. The van der Waals surface area contributed by atoms with Gasteiger partial charge in [0.05, 0.1) is 6.54 Å². The van der Waals surface area contributed by atoms with E-state index < -0.39 is 0 Å². The summed E-state index contributed by atoms with van der Waals surface area (Å²) in [5.41, 5.74) is 3.18. The highest BCUT2D eigenvalue weighted by molar-refractivity contribution is 5.98. The van der Waals surface area contributed by atoms with E-state index in [2.05, 4.69) is 36.6 Å². The summed E-state index contributed by atoms with van der Waals surface area (Å²) in [5.74, 6) is 0.250. The van der Waals surface area contributed by atoms with Crippen molar-refractivity contribution < 1.29 is 4.79 Å². The average molecular weight is 274 g/mol. The number of hydrogen-bond donors (Lipinski definition) is 0. The minimum atomic E-state index is 0.250. The maximum absolute atomic E-state index is 12.4. The van der Waals surface area contributed by atoms with Crippen molar-refractivity contribution in [3.05, 3.63) is 34.9 Å². The Morgan fingerprint density at radius 2 is 1.80 bits per heavy atom. The zero-order valence-corrected chi connectivity index (χ0v) is 13.1. The number of carbonyl (C=O) groups excluding carboxylic acids is 1. The third kappa shape index (κ3) is 3.68. The molecule has 0 N–H and O–H groups in total. The van der Waals surface area contributed by atoms with Crippen molar-refractivity contribution in [2.45, 2.75) is 33.7 Å². The van der Waals surface area contributed by atoms with Gasteiger partial charge in [0.15, 0.2) is 5.78 Å². The number of hydrogen-bond acceptors (Lipinski definition) is 3. The summed E-state index contributed by atoms with van der Waals surface area (Å²) in [6.45, 7) is 13.2. The van der Waals surface area contributed by atoms with Crippen molar-refractivity contribution in [3.63, 3.8) is 0 Å². The molecule has 1 aliphatic heterocycles. The summed E-state index contributed by atoms with van der Waals surface area (Å²) in [7, 11) is 0. The molecule has 0 radical (unpaired) electrons. The summed E-state index contributed by atoms with van der Waals surface area (Å²) >= 11 is 0. The number of carbonyl (C=O) groups is 1. The van der Waals surface area contributed by atoms with E-state index in [4.69, 9.17) is 0 Å². The lowest BCUT2D eigenvalue weighted by molar-refractivity contribution is 0.0807. The molecule has 1 aliphatic rings. The first-order valence-electron chi connectivity index (χ1n) is 7.54. The van der Waals surface area contributed by atoms with Gasteiger partial charge >= 0.3 is 0 Å². The van der Waals surface area contributed by atoms with Crippen LogP contribution in [0.25, 0.3) is 0 Å². The number of rotatable bonds is 4. The maximum atomic E-state index is 12.4. The number of ketones is 1. The summed E-state index contributed by atoms with van der Waals surface area (Å²) in [5, 5.41) is 0. The Hall–Kier alpha value is -1.19. The van der Waals surface area contributed by atoms with E-state index in [9.17, 15) is 4.79 Å². The van der Waals surface area contributed by atoms with E-state index in [1.165, 1.54) is 5.56 Å². The van der Waals surface area contributed by atoms with E-state index in [1.54, 1.807) is 0 Å². The van der Waals surface area contributed by atoms with E-state index in [1.807, 2.05) is 19.1 Å². The van der Waals surface area contributed by atoms with Gasteiger partial charge in [0.1, 0.15) is 0 Å². The Balaban J connectivity index is 1.92. The van der Waals surface area contributed by atoms with Crippen LogP contribution in [0.1, 0.15) is 35.3 Å². The second-order valence-electron chi connectivity index (χ2n) is 6.15. The fourth-order valence-electron chi connectivity index (χ4n) is 2.85. The van der Waals surface area contributed by atoms with Crippen LogP contribution in [0.3, 0.4) is 0 Å². The molecule has 1 aromatic rings. The van der Waals surface area contributed by atoms with Crippen LogP contribution in [-0.2, 0) is 0 Å². The van der Waals surface area contributed by atoms with Gasteiger partial charge in [-0.25, -0.2) is 0 Å². The minimum absolute atomic E-state index is 0.250. The highest BCUT2D eigenvalue weighted by atomic mass is 16.1. The van der Waals surface area contributed by atoms with E-state index in [0.717, 1.165) is 37.3 Å². The van der Waals surface area contributed by atoms with E-state index >= 15 is 0 Å². The molecule has 0 aromatic heterocycles. The molecule has 2 rings (SSSR count). The third-order valence-electron chi connectivity index (χ3n) is 4.19. The number of nitrogens with zero attached hydrogens (tertiary/aromatic N) is 2. The molecule has 3 heteroatoms. The van der Waals surface area contributed by atoms with E-state index in [-0.39, 0.29) is 5.78 Å². The fraction of sp³-hybridized carbons (Fsp3) is 0.588. The van der Waals surface area contributed by atoms with Gasteiger partial charge in [-0.15, -0.1) is 0 Å². The quantitative estimate of drug-likeness (QED) is 0.788. The Morgan fingerprint density at radius 1 is 1.15 bits per heavy atom. The zero-order valence-electron chi connectivity index (χ0n) is 13.1.